The third kappa shape index (κ3) is 5.82. The Kier molecular flexibility index (Phi) is 6.16. The van der Waals surface area contributed by atoms with Crippen molar-refractivity contribution >= 4 is 11.8 Å². The van der Waals surface area contributed by atoms with Gasteiger partial charge in [0.1, 0.15) is 0 Å². The van der Waals surface area contributed by atoms with Crippen molar-refractivity contribution in [1.29, 1.82) is 0 Å². The van der Waals surface area contributed by atoms with E-state index in [0.717, 1.165) is 5.56 Å². The molecule has 0 unspecified atom stereocenters. The zero-order chi connectivity index (χ0) is 15.9. The van der Waals surface area contributed by atoms with Crippen LogP contribution >= 0.6 is 0 Å². The van der Waals surface area contributed by atoms with Gasteiger partial charge in [0, 0.05) is 25.2 Å². The molecule has 0 aliphatic rings. The monoisotopic (exact) mass is 303 g/mol. The van der Waals surface area contributed by atoms with Crippen LogP contribution in [0.3, 0.4) is 0 Å². The van der Waals surface area contributed by atoms with Crippen molar-refractivity contribution < 1.29 is 22.8 Å². The lowest BCUT2D eigenvalue weighted by Gasteiger charge is -2.08. The van der Waals surface area contributed by atoms with Gasteiger partial charge in [-0.25, -0.2) is 0 Å². The molecule has 8 heteroatoms. The molecule has 4 N–H and O–H groups in total. The zero-order valence-corrected chi connectivity index (χ0v) is 11.2. The van der Waals surface area contributed by atoms with Gasteiger partial charge < -0.3 is 16.4 Å². The number of halogens is 3. The van der Waals surface area contributed by atoms with Crippen molar-refractivity contribution in [2.45, 2.75) is 19.1 Å². The number of alkyl halides is 3. The van der Waals surface area contributed by atoms with Crippen molar-refractivity contribution in [1.82, 2.24) is 10.6 Å². The van der Waals surface area contributed by atoms with Crippen LogP contribution in [-0.4, -0.2) is 31.1 Å². The zero-order valence-electron chi connectivity index (χ0n) is 11.2. The summed E-state index contributed by atoms with van der Waals surface area (Å²) in [6.07, 6.45) is -4.68. The van der Waals surface area contributed by atoms with E-state index in [1.807, 2.05) is 0 Å². The average molecular weight is 303 g/mol. The first-order chi connectivity index (χ1) is 9.84. The minimum atomic E-state index is -4.88. The molecule has 0 heterocycles. The van der Waals surface area contributed by atoms with E-state index in [4.69, 9.17) is 5.73 Å². The smallest absolute Gasteiger partial charge is 0.352 e. The molecule has 5 nitrogen and oxygen atoms in total. The van der Waals surface area contributed by atoms with Crippen LogP contribution in [0.25, 0.3) is 0 Å². The van der Waals surface area contributed by atoms with Gasteiger partial charge in [-0.3, -0.25) is 9.59 Å². The third-order valence-corrected chi connectivity index (χ3v) is 2.63. The summed E-state index contributed by atoms with van der Waals surface area (Å²) in [6.45, 7) is 0.376. The summed E-state index contributed by atoms with van der Waals surface area (Å²) in [6, 6.07) is 6.67. The summed E-state index contributed by atoms with van der Waals surface area (Å²) in [5.74, 6) is -2.31. The van der Waals surface area contributed by atoms with Gasteiger partial charge in [-0.05, 0) is 24.1 Å². The van der Waals surface area contributed by atoms with Crippen molar-refractivity contribution in [2.75, 3.05) is 13.1 Å². The molecule has 0 aromatic heterocycles. The van der Waals surface area contributed by atoms with E-state index >= 15 is 0 Å². The summed E-state index contributed by atoms with van der Waals surface area (Å²) < 4.78 is 35.6. The fourth-order valence-electron chi connectivity index (χ4n) is 1.49. The van der Waals surface area contributed by atoms with E-state index in [1.165, 1.54) is 0 Å². The second-order valence-corrected chi connectivity index (χ2v) is 4.26. The molecule has 0 atom stereocenters. The Morgan fingerprint density at radius 2 is 1.62 bits per heavy atom. The molecule has 21 heavy (non-hydrogen) atoms. The van der Waals surface area contributed by atoms with Gasteiger partial charge in [0.05, 0.1) is 0 Å². The number of nitrogens with one attached hydrogen (secondary N) is 2. The topological polar surface area (TPSA) is 84.2 Å². The number of carbonyl (C=O) groups is 2. The Labute approximate surface area is 119 Å². The highest BCUT2D eigenvalue weighted by atomic mass is 19.4. The van der Waals surface area contributed by atoms with Crippen molar-refractivity contribution in [2.24, 2.45) is 5.73 Å². The Morgan fingerprint density at radius 1 is 1.05 bits per heavy atom. The van der Waals surface area contributed by atoms with Crippen LogP contribution in [0.15, 0.2) is 24.3 Å². The standard InChI is InChI=1S/C13H16F3N3O2/c14-13(15,16)12(21)19-7-1-6-18-11(20)10-4-2-9(8-17)3-5-10/h2-5H,1,6-8,17H2,(H,18,20)(H,19,21). The first-order valence-corrected chi connectivity index (χ1v) is 6.27. The maximum atomic E-state index is 11.9. The Bertz CT molecular complexity index is 486. The van der Waals surface area contributed by atoms with Crippen LogP contribution in [0.2, 0.25) is 0 Å². The van der Waals surface area contributed by atoms with Crippen LogP contribution in [0.5, 0.6) is 0 Å². The summed E-state index contributed by atoms with van der Waals surface area (Å²) >= 11 is 0. The van der Waals surface area contributed by atoms with E-state index in [9.17, 15) is 22.8 Å². The quantitative estimate of drug-likeness (QED) is 0.684. The van der Waals surface area contributed by atoms with Gasteiger partial charge in [-0.15, -0.1) is 0 Å². The average Bonchev–Trinajstić information content (AvgIpc) is 2.45. The molecule has 0 radical (unpaired) electrons. The molecule has 0 aliphatic heterocycles. The fourth-order valence-corrected chi connectivity index (χ4v) is 1.49. The molecule has 1 rings (SSSR count). The Balaban J connectivity index is 2.26. The molecule has 0 saturated carbocycles. The largest absolute Gasteiger partial charge is 0.471 e. The maximum Gasteiger partial charge on any atom is 0.471 e. The van der Waals surface area contributed by atoms with Crippen molar-refractivity contribution in [3.8, 4) is 0 Å². The predicted molar refractivity (Wildman–Crippen MR) is 70.3 cm³/mol. The molecule has 0 saturated heterocycles. The number of benzene rings is 1. The molecule has 0 bridgehead atoms. The van der Waals surface area contributed by atoms with E-state index < -0.39 is 12.1 Å². The summed E-state index contributed by atoms with van der Waals surface area (Å²) in [5.41, 5.74) is 6.76. The lowest BCUT2D eigenvalue weighted by molar-refractivity contribution is -0.173. The third-order valence-electron chi connectivity index (χ3n) is 2.63. The molecule has 2 amide bonds. The molecule has 1 aromatic carbocycles. The number of hydrogen-bond acceptors (Lipinski definition) is 3. The van der Waals surface area contributed by atoms with E-state index in [2.05, 4.69) is 5.32 Å². The van der Waals surface area contributed by atoms with Crippen LogP contribution < -0.4 is 16.4 Å². The first-order valence-electron chi connectivity index (χ1n) is 6.27. The molecule has 116 valence electrons. The second kappa shape index (κ2) is 7.63. The van der Waals surface area contributed by atoms with Gasteiger partial charge in [0.25, 0.3) is 5.91 Å². The molecular weight excluding hydrogens is 287 g/mol. The van der Waals surface area contributed by atoms with Crippen LogP contribution in [0.4, 0.5) is 13.2 Å². The SMILES string of the molecule is NCc1ccc(C(=O)NCCCNC(=O)C(F)(F)F)cc1. The van der Waals surface area contributed by atoms with Crippen molar-refractivity contribution in [3.63, 3.8) is 0 Å². The number of amides is 2. The van der Waals surface area contributed by atoms with Gasteiger partial charge in [-0.1, -0.05) is 12.1 Å². The summed E-state index contributed by atoms with van der Waals surface area (Å²) in [5, 5.41) is 4.27. The normalized spacial score (nSPS) is 11.0. The van der Waals surface area contributed by atoms with Crippen LogP contribution in [0.1, 0.15) is 22.3 Å². The number of nitrogens with two attached hydrogens (primary N) is 1. The molecule has 0 spiro atoms. The highest BCUT2D eigenvalue weighted by Crippen LogP contribution is 2.13. The predicted octanol–water partition coefficient (Wildman–Crippen LogP) is 0.944. The van der Waals surface area contributed by atoms with E-state index in [0.29, 0.717) is 12.1 Å². The lowest BCUT2D eigenvalue weighted by atomic mass is 10.1. The molecule has 0 fully saturated rings. The Hall–Kier alpha value is -2.09. The van der Waals surface area contributed by atoms with Crippen LogP contribution in [-0.2, 0) is 11.3 Å². The van der Waals surface area contributed by atoms with Gasteiger partial charge >= 0.3 is 12.1 Å². The molecule has 1 aromatic rings. The molecule has 0 aliphatic carbocycles. The van der Waals surface area contributed by atoms with E-state index in [-0.39, 0.29) is 25.4 Å². The maximum absolute atomic E-state index is 11.9. The van der Waals surface area contributed by atoms with Gasteiger partial charge in [0.2, 0.25) is 0 Å². The van der Waals surface area contributed by atoms with Gasteiger partial charge in [0.15, 0.2) is 0 Å². The first kappa shape index (κ1) is 17.0. The summed E-state index contributed by atoms with van der Waals surface area (Å²) in [7, 11) is 0. The summed E-state index contributed by atoms with van der Waals surface area (Å²) in [4.78, 5) is 22.2. The minimum absolute atomic E-state index is 0.162. The van der Waals surface area contributed by atoms with Gasteiger partial charge in [-0.2, -0.15) is 13.2 Å². The van der Waals surface area contributed by atoms with Crippen molar-refractivity contribution in [3.05, 3.63) is 35.4 Å². The second-order valence-electron chi connectivity index (χ2n) is 4.26. The number of hydrogen-bond donors (Lipinski definition) is 3. The lowest BCUT2D eigenvalue weighted by Crippen LogP contribution is -2.38. The highest BCUT2D eigenvalue weighted by molar-refractivity contribution is 5.94. The Morgan fingerprint density at radius 3 is 2.14 bits per heavy atom. The van der Waals surface area contributed by atoms with Crippen LogP contribution in [0, 0.1) is 0 Å². The number of carbonyl (C=O) groups excluding carboxylic acids is 2. The molecular formula is C13H16F3N3O2. The minimum Gasteiger partial charge on any atom is -0.352 e. The number of rotatable bonds is 6. The highest BCUT2D eigenvalue weighted by Gasteiger charge is 2.38. The fraction of sp³-hybridized carbons (Fsp3) is 0.385. The van der Waals surface area contributed by atoms with E-state index in [1.54, 1.807) is 29.6 Å².